The summed E-state index contributed by atoms with van der Waals surface area (Å²) in [5, 5.41) is 3.70. The first-order chi connectivity index (χ1) is 10.2. The molecule has 0 aliphatic carbocycles. The van der Waals surface area contributed by atoms with Crippen LogP contribution in [0.2, 0.25) is 0 Å². The molecule has 2 heteroatoms. The van der Waals surface area contributed by atoms with Gasteiger partial charge in [-0.05, 0) is 11.1 Å². The van der Waals surface area contributed by atoms with Crippen LogP contribution in [-0.2, 0) is 4.79 Å². The third kappa shape index (κ3) is 2.64. The molecule has 0 spiro atoms. The highest BCUT2D eigenvalue weighted by molar-refractivity contribution is 5.85. The lowest BCUT2D eigenvalue weighted by molar-refractivity contribution is -0.130. The summed E-state index contributed by atoms with van der Waals surface area (Å²) in [6, 6.07) is 20.7. The SMILES string of the molecule is C[C@@H]1C(=O)[C@@H](C)[C@@H](c2ccccc2)N[C@@H]1c1ccccc1. The van der Waals surface area contributed by atoms with Crippen LogP contribution in [0.15, 0.2) is 60.7 Å². The molecular weight excluding hydrogens is 258 g/mol. The van der Waals surface area contributed by atoms with Gasteiger partial charge in [-0.25, -0.2) is 0 Å². The van der Waals surface area contributed by atoms with E-state index in [-0.39, 0.29) is 23.9 Å². The molecule has 0 radical (unpaired) electrons. The molecule has 1 heterocycles. The summed E-state index contributed by atoms with van der Waals surface area (Å²) >= 11 is 0. The summed E-state index contributed by atoms with van der Waals surface area (Å²) in [5.74, 6) is 0.348. The molecule has 2 nitrogen and oxygen atoms in total. The Morgan fingerprint density at radius 2 is 1.10 bits per heavy atom. The minimum atomic E-state index is 0.00219. The van der Waals surface area contributed by atoms with Crippen molar-refractivity contribution in [1.82, 2.24) is 5.32 Å². The van der Waals surface area contributed by atoms with Crippen LogP contribution in [0.3, 0.4) is 0 Å². The number of carbonyl (C=O) groups excluding carboxylic acids is 1. The number of rotatable bonds is 2. The van der Waals surface area contributed by atoms with Gasteiger partial charge in [0, 0.05) is 23.9 Å². The van der Waals surface area contributed by atoms with E-state index in [4.69, 9.17) is 0 Å². The van der Waals surface area contributed by atoms with Gasteiger partial charge < -0.3 is 5.32 Å². The second kappa shape index (κ2) is 5.82. The van der Waals surface area contributed by atoms with Crippen molar-refractivity contribution in [3.05, 3.63) is 71.8 Å². The molecule has 1 aliphatic heterocycles. The van der Waals surface area contributed by atoms with E-state index in [9.17, 15) is 4.79 Å². The number of Topliss-reactive ketones (excluding diaryl/α,β-unsaturated/α-hetero) is 1. The summed E-state index contributed by atoms with van der Waals surface area (Å²) in [6.45, 7) is 4.06. The minimum absolute atomic E-state index is 0.00219. The van der Waals surface area contributed by atoms with Crippen LogP contribution >= 0.6 is 0 Å². The smallest absolute Gasteiger partial charge is 0.142 e. The van der Waals surface area contributed by atoms with E-state index in [0.29, 0.717) is 5.78 Å². The van der Waals surface area contributed by atoms with Crippen LogP contribution in [0.25, 0.3) is 0 Å². The standard InChI is InChI=1S/C19H21NO/c1-13-17(15-9-5-3-6-10-15)20-18(14(2)19(13)21)16-11-7-4-8-12-16/h3-14,17-18,20H,1-2H3/t13-,14-,17-,18-/m0/s1. The number of hydrogen-bond donors (Lipinski definition) is 1. The van der Waals surface area contributed by atoms with E-state index >= 15 is 0 Å². The first-order valence-corrected chi connectivity index (χ1v) is 7.58. The van der Waals surface area contributed by atoms with Gasteiger partial charge in [0.1, 0.15) is 5.78 Å². The molecule has 2 aromatic carbocycles. The lowest BCUT2D eigenvalue weighted by Crippen LogP contribution is -2.46. The van der Waals surface area contributed by atoms with Gasteiger partial charge in [0.15, 0.2) is 0 Å². The van der Waals surface area contributed by atoms with E-state index in [1.807, 2.05) is 50.2 Å². The van der Waals surface area contributed by atoms with Crippen molar-refractivity contribution in [3.8, 4) is 0 Å². The normalized spacial score (nSPS) is 29.3. The lowest BCUT2D eigenvalue weighted by atomic mass is 9.76. The minimum Gasteiger partial charge on any atom is -0.302 e. The Kier molecular flexibility index (Phi) is 3.89. The first-order valence-electron chi connectivity index (χ1n) is 7.58. The first kappa shape index (κ1) is 14.0. The van der Waals surface area contributed by atoms with Gasteiger partial charge in [-0.2, -0.15) is 0 Å². The van der Waals surface area contributed by atoms with Gasteiger partial charge in [0.2, 0.25) is 0 Å². The molecule has 21 heavy (non-hydrogen) atoms. The third-order valence-corrected chi connectivity index (χ3v) is 4.57. The largest absolute Gasteiger partial charge is 0.302 e. The van der Waals surface area contributed by atoms with Crippen LogP contribution in [-0.4, -0.2) is 5.78 Å². The molecule has 0 aromatic heterocycles. The van der Waals surface area contributed by atoms with Crippen molar-refractivity contribution < 1.29 is 4.79 Å². The fraction of sp³-hybridized carbons (Fsp3) is 0.316. The zero-order valence-electron chi connectivity index (χ0n) is 12.5. The summed E-state index contributed by atoms with van der Waals surface area (Å²) in [6.07, 6.45) is 0. The van der Waals surface area contributed by atoms with Gasteiger partial charge in [-0.1, -0.05) is 74.5 Å². The van der Waals surface area contributed by atoms with Gasteiger partial charge >= 0.3 is 0 Å². The molecule has 0 unspecified atom stereocenters. The molecule has 4 atom stereocenters. The maximum absolute atomic E-state index is 12.7. The monoisotopic (exact) mass is 279 g/mol. The molecule has 1 fully saturated rings. The summed E-state index contributed by atoms with van der Waals surface area (Å²) in [5.41, 5.74) is 2.37. The van der Waals surface area contributed by atoms with Gasteiger partial charge in [-0.3, -0.25) is 4.79 Å². The fourth-order valence-corrected chi connectivity index (χ4v) is 3.32. The van der Waals surface area contributed by atoms with E-state index in [0.717, 1.165) is 0 Å². The molecule has 2 aromatic rings. The quantitative estimate of drug-likeness (QED) is 0.903. The highest BCUT2D eigenvalue weighted by Gasteiger charge is 2.39. The van der Waals surface area contributed by atoms with E-state index < -0.39 is 0 Å². The second-order valence-electron chi connectivity index (χ2n) is 5.92. The zero-order chi connectivity index (χ0) is 14.8. The molecule has 108 valence electrons. The summed E-state index contributed by atoms with van der Waals surface area (Å²) in [4.78, 5) is 12.7. The van der Waals surface area contributed by atoms with E-state index in [2.05, 4.69) is 29.6 Å². The summed E-state index contributed by atoms with van der Waals surface area (Å²) in [7, 11) is 0. The summed E-state index contributed by atoms with van der Waals surface area (Å²) < 4.78 is 0. The van der Waals surface area contributed by atoms with Gasteiger partial charge in [0.25, 0.3) is 0 Å². The highest BCUT2D eigenvalue weighted by atomic mass is 16.1. The predicted molar refractivity (Wildman–Crippen MR) is 84.8 cm³/mol. The molecule has 1 aliphatic rings. The van der Waals surface area contributed by atoms with Crippen LogP contribution in [0.5, 0.6) is 0 Å². The Labute approximate surface area is 126 Å². The average molecular weight is 279 g/mol. The van der Waals surface area contributed by atoms with E-state index in [1.54, 1.807) is 0 Å². The Morgan fingerprint density at radius 1 is 0.714 bits per heavy atom. The Morgan fingerprint density at radius 3 is 1.48 bits per heavy atom. The molecule has 1 saturated heterocycles. The third-order valence-electron chi connectivity index (χ3n) is 4.57. The molecule has 3 rings (SSSR count). The van der Waals surface area contributed by atoms with Crippen molar-refractivity contribution >= 4 is 5.78 Å². The highest BCUT2D eigenvalue weighted by Crippen LogP contribution is 2.37. The van der Waals surface area contributed by atoms with Crippen molar-refractivity contribution in [3.63, 3.8) is 0 Å². The Bertz CT molecular complexity index is 554. The van der Waals surface area contributed by atoms with E-state index in [1.165, 1.54) is 11.1 Å². The fourth-order valence-electron chi connectivity index (χ4n) is 3.32. The molecular formula is C19H21NO. The topological polar surface area (TPSA) is 29.1 Å². The number of benzene rings is 2. The zero-order valence-corrected chi connectivity index (χ0v) is 12.5. The number of ketones is 1. The van der Waals surface area contributed by atoms with Crippen LogP contribution < -0.4 is 5.32 Å². The van der Waals surface area contributed by atoms with Gasteiger partial charge in [0.05, 0.1) is 0 Å². The number of piperidine rings is 1. The van der Waals surface area contributed by atoms with Crippen LogP contribution in [0.4, 0.5) is 0 Å². The molecule has 0 bridgehead atoms. The maximum Gasteiger partial charge on any atom is 0.142 e. The average Bonchev–Trinajstić information content (AvgIpc) is 2.55. The predicted octanol–water partition coefficient (Wildman–Crippen LogP) is 3.91. The van der Waals surface area contributed by atoms with Crippen LogP contribution in [0.1, 0.15) is 37.1 Å². The maximum atomic E-state index is 12.7. The molecule has 0 amide bonds. The lowest BCUT2D eigenvalue weighted by Gasteiger charge is -2.39. The Hall–Kier alpha value is -1.93. The Balaban J connectivity index is 1.95. The molecule has 1 N–H and O–H groups in total. The van der Waals surface area contributed by atoms with Crippen molar-refractivity contribution in [2.24, 2.45) is 11.8 Å². The van der Waals surface area contributed by atoms with Crippen LogP contribution in [0, 0.1) is 11.8 Å². The van der Waals surface area contributed by atoms with Crippen molar-refractivity contribution in [2.75, 3.05) is 0 Å². The van der Waals surface area contributed by atoms with Crippen molar-refractivity contribution in [2.45, 2.75) is 25.9 Å². The number of carbonyl (C=O) groups is 1. The number of hydrogen-bond acceptors (Lipinski definition) is 2. The molecule has 0 saturated carbocycles. The number of nitrogens with one attached hydrogen (secondary N) is 1. The van der Waals surface area contributed by atoms with Gasteiger partial charge in [-0.15, -0.1) is 0 Å². The van der Waals surface area contributed by atoms with Crippen molar-refractivity contribution in [1.29, 1.82) is 0 Å². The second-order valence-corrected chi connectivity index (χ2v) is 5.92.